The van der Waals surface area contributed by atoms with Crippen molar-refractivity contribution in [3.8, 4) is 0 Å². The number of rotatable bonds is 22. The van der Waals surface area contributed by atoms with Crippen LogP contribution < -0.4 is 0 Å². The molecule has 28 heavy (non-hydrogen) atoms. The molecule has 0 aliphatic carbocycles. The molecule has 0 saturated carbocycles. The van der Waals surface area contributed by atoms with Crippen LogP contribution in [0.25, 0.3) is 0 Å². The topological polar surface area (TPSA) is 37.3 Å². The van der Waals surface area contributed by atoms with Gasteiger partial charge in [0.15, 0.2) is 0 Å². The lowest BCUT2D eigenvalue weighted by molar-refractivity contribution is -0.142. The molecule has 0 aromatic heterocycles. The summed E-state index contributed by atoms with van der Waals surface area (Å²) in [6.45, 7) is 6.87. The van der Waals surface area contributed by atoms with Crippen LogP contribution in [0.15, 0.2) is 0 Å². The maximum absolute atomic E-state index is 11.4. The lowest BCUT2D eigenvalue weighted by Crippen LogP contribution is -2.13. The minimum atomic E-state index is -0.568. The van der Waals surface area contributed by atoms with Crippen LogP contribution in [0.2, 0.25) is 0 Å². The molecule has 0 bridgehead atoms. The van der Waals surface area contributed by atoms with Crippen LogP contribution in [0.1, 0.15) is 149 Å². The summed E-state index contributed by atoms with van der Waals surface area (Å²) in [6, 6.07) is 0. The summed E-state index contributed by atoms with van der Waals surface area (Å²) >= 11 is 0. The maximum atomic E-state index is 11.4. The van der Waals surface area contributed by atoms with Crippen LogP contribution in [0, 0.1) is 11.8 Å². The summed E-state index contributed by atoms with van der Waals surface area (Å²) in [5, 5.41) is 9.42. The molecule has 0 aromatic carbocycles. The van der Waals surface area contributed by atoms with Gasteiger partial charge in [-0.05, 0) is 18.8 Å². The number of aliphatic carboxylic acids is 1. The number of unbranched alkanes of at least 4 members (excludes halogenated alkanes) is 15. The second-order valence-electron chi connectivity index (χ2n) is 9.45. The van der Waals surface area contributed by atoms with E-state index in [9.17, 15) is 9.90 Å². The fraction of sp³-hybridized carbons (Fsp3) is 0.962. The Morgan fingerprint density at radius 3 is 1.21 bits per heavy atom. The highest BCUT2D eigenvalue weighted by molar-refractivity contribution is 5.69. The summed E-state index contributed by atoms with van der Waals surface area (Å²) in [6.07, 6.45) is 25.4. The first-order chi connectivity index (χ1) is 13.6. The van der Waals surface area contributed by atoms with E-state index >= 15 is 0 Å². The van der Waals surface area contributed by atoms with Crippen molar-refractivity contribution in [3.05, 3.63) is 0 Å². The van der Waals surface area contributed by atoms with Crippen molar-refractivity contribution in [2.75, 3.05) is 0 Å². The highest BCUT2D eigenvalue weighted by Gasteiger charge is 2.16. The zero-order valence-electron chi connectivity index (χ0n) is 19.7. The van der Waals surface area contributed by atoms with Gasteiger partial charge < -0.3 is 5.11 Å². The van der Waals surface area contributed by atoms with Crippen molar-refractivity contribution in [2.45, 2.75) is 149 Å². The van der Waals surface area contributed by atoms with E-state index in [0.717, 1.165) is 31.6 Å². The van der Waals surface area contributed by atoms with Crippen molar-refractivity contribution >= 4 is 5.97 Å². The summed E-state index contributed by atoms with van der Waals surface area (Å²) < 4.78 is 0. The van der Waals surface area contributed by atoms with Gasteiger partial charge in [-0.25, -0.2) is 0 Å². The van der Waals surface area contributed by atoms with Gasteiger partial charge in [0.05, 0.1) is 5.92 Å². The van der Waals surface area contributed by atoms with Gasteiger partial charge in [0.1, 0.15) is 0 Å². The van der Waals surface area contributed by atoms with Crippen molar-refractivity contribution in [3.63, 3.8) is 0 Å². The van der Waals surface area contributed by atoms with E-state index in [2.05, 4.69) is 20.8 Å². The Hall–Kier alpha value is -0.530. The fourth-order valence-electron chi connectivity index (χ4n) is 4.10. The number of carboxylic acids is 1. The van der Waals surface area contributed by atoms with E-state index in [1.54, 1.807) is 0 Å². The van der Waals surface area contributed by atoms with E-state index in [1.165, 1.54) is 103 Å². The molecule has 0 aromatic rings. The fourth-order valence-corrected chi connectivity index (χ4v) is 4.10. The first-order valence-electron chi connectivity index (χ1n) is 12.8. The molecule has 0 spiro atoms. The predicted molar refractivity (Wildman–Crippen MR) is 124 cm³/mol. The number of hydrogen-bond acceptors (Lipinski definition) is 1. The van der Waals surface area contributed by atoms with Crippen molar-refractivity contribution in [1.82, 2.24) is 0 Å². The van der Waals surface area contributed by atoms with Gasteiger partial charge in [-0.15, -0.1) is 0 Å². The largest absolute Gasteiger partial charge is 0.481 e. The average Bonchev–Trinajstić information content (AvgIpc) is 2.65. The first-order valence-corrected chi connectivity index (χ1v) is 12.8. The molecule has 0 fully saturated rings. The number of hydrogen-bond donors (Lipinski definition) is 1. The lowest BCUT2D eigenvalue weighted by atomic mass is 9.94. The molecule has 0 radical (unpaired) electrons. The first kappa shape index (κ1) is 27.5. The molecule has 0 aliphatic heterocycles. The Kier molecular flexibility index (Phi) is 20.8. The lowest BCUT2D eigenvalue weighted by Gasteiger charge is -2.12. The molecule has 1 N–H and O–H groups in total. The Morgan fingerprint density at radius 1 is 0.571 bits per heavy atom. The molecule has 0 aliphatic rings. The monoisotopic (exact) mass is 396 g/mol. The minimum absolute atomic E-state index is 0.0955. The molecule has 168 valence electrons. The van der Waals surface area contributed by atoms with Crippen molar-refractivity contribution in [2.24, 2.45) is 11.8 Å². The van der Waals surface area contributed by atoms with Gasteiger partial charge in [0.25, 0.3) is 0 Å². The Balaban J connectivity index is 3.40. The molecule has 0 rings (SSSR count). The summed E-state index contributed by atoms with van der Waals surface area (Å²) in [5.41, 5.74) is 0. The third-order valence-corrected chi connectivity index (χ3v) is 6.09. The number of carbonyl (C=O) groups is 1. The van der Waals surface area contributed by atoms with Gasteiger partial charge in [-0.1, -0.05) is 136 Å². The third kappa shape index (κ3) is 20.2. The average molecular weight is 397 g/mol. The second kappa shape index (κ2) is 21.2. The highest BCUT2D eigenvalue weighted by atomic mass is 16.4. The normalized spacial score (nSPS) is 12.6. The molecule has 0 amide bonds. The molecule has 2 heteroatoms. The van der Waals surface area contributed by atoms with Crippen LogP contribution in [-0.4, -0.2) is 11.1 Å². The Bertz CT molecular complexity index is 324. The minimum Gasteiger partial charge on any atom is -0.481 e. The number of carboxylic acid groups (broad SMARTS) is 1. The molecule has 0 heterocycles. The Morgan fingerprint density at radius 2 is 0.893 bits per heavy atom. The second-order valence-corrected chi connectivity index (χ2v) is 9.45. The molecule has 0 saturated heterocycles. The van der Waals surface area contributed by atoms with Crippen molar-refractivity contribution < 1.29 is 9.90 Å². The molecular formula is C26H52O2. The van der Waals surface area contributed by atoms with E-state index in [1.807, 2.05) is 0 Å². The Labute approximate surface area is 177 Å². The smallest absolute Gasteiger partial charge is 0.306 e. The van der Waals surface area contributed by atoms with Crippen LogP contribution in [-0.2, 0) is 4.79 Å². The van der Waals surface area contributed by atoms with Gasteiger partial charge in [-0.2, -0.15) is 0 Å². The van der Waals surface area contributed by atoms with E-state index in [0.29, 0.717) is 0 Å². The predicted octanol–water partition coefficient (Wildman–Crippen LogP) is 9.17. The SMILES string of the molecule is CCCCCCCCC(CCCCCCCCCCCCCC(C)C)C(=O)O. The van der Waals surface area contributed by atoms with Crippen molar-refractivity contribution in [1.29, 1.82) is 0 Å². The van der Waals surface area contributed by atoms with Gasteiger partial charge in [0, 0.05) is 0 Å². The summed E-state index contributed by atoms with van der Waals surface area (Å²) in [7, 11) is 0. The van der Waals surface area contributed by atoms with E-state index in [-0.39, 0.29) is 5.92 Å². The van der Waals surface area contributed by atoms with Crippen LogP contribution in [0.3, 0.4) is 0 Å². The van der Waals surface area contributed by atoms with Crippen LogP contribution >= 0.6 is 0 Å². The van der Waals surface area contributed by atoms with E-state index < -0.39 is 5.97 Å². The van der Waals surface area contributed by atoms with Gasteiger partial charge in [-0.3, -0.25) is 4.79 Å². The highest BCUT2D eigenvalue weighted by Crippen LogP contribution is 2.20. The van der Waals surface area contributed by atoms with Crippen LogP contribution in [0.5, 0.6) is 0 Å². The standard InChI is InChI=1S/C26H52O2/c1-4-5-6-7-16-19-22-25(26(27)28)23-20-17-14-12-10-8-9-11-13-15-18-21-24(2)3/h24-25H,4-23H2,1-3H3,(H,27,28). The maximum Gasteiger partial charge on any atom is 0.306 e. The van der Waals surface area contributed by atoms with Gasteiger partial charge >= 0.3 is 5.97 Å². The van der Waals surface area contributed by atoms with Gasteiger partial charge in [0.2, 0.25) is 0 Å². The summed E-state index contributed by atoms with van der Waals surface area (Å²) in [4.78, 5) is 11.4. The zero-order chi connectivity index (χ0) is 20.9. The molecule has 1 unspecified atom stereocenters. The zero-order valence-corrected chi connectivity index (χ0v) is 19.7. The summed E-state index contributed by atoms with van der Waals surface area (Å²) in [5.74, 6) is 0.199. The van der Waals surface area contributed by atoms with E-state index in [4.69, 9.17) is 0 Å². The molecular weight excluding hydrogens is 344 g/mol. The molecule has 1 atom stereocenters. The quantitative estimate of drug-likeness (QED) is 0.185. The molecule has 2 nitrogen and oxygen atoms in total. The van der Waals surface area contributed by atoms with Crippen LogP contribution in [0.4, 0.5) is 0 Å². The third-order valence-electron chi connectivity index (χ3n) is 6.09.